The Morgan fingerprint density at radius 3 is 3.10 bits per heavy atom. The molecule has 1 heterocycles. The summed E-state index contributed by atoms with van der Waals surface area (Å²) in [7, 11) is 0. The Morgan fingerprint density at radius 2 is 2.60 bits per heavy atom. The van der Waals surface area contributed by atoms with Crippen molar-refractivity contribution in [2.75, 3.05) is 0 Å². The monoisotopic (exact) mass is 140 g/mol. The van der Waals surface area contributed by atoms with Gasteiger partial charge < -0.3 is 10.1 Å². The average Bonchev–Trinajstić information content (AvgIpc) is 2.40. The third-order valence-corrected chi connectivity index (χ3v) is 1.46. The number of H-pyrrole nitrogens is 1. The highest BCUT2D eigenvalue weighted by molar-refractivity contribution is 4.88. The molecule has 0 saturated heterocycles. The number of aliphatic hydroxyl groups is 1. The highest BCUT2D eigenvalue weighted by Gasteiger charge is 2.02. The lowest BCUT2D eigenvalue weighted by Crippen LogP contribution is -2.09. The van der Waals surface area contributed by atoms with Crippen LogP contribution in [0.5, 0.6) is 0 Å². The van der Waals surface area contributed by atoms with Gasteiger partial charge in [0.05, 0.1) is 6.10 Å². The third kappa shape index (κ3) is 1.84. The fourth-order valence-corrected chi connectivity index (χ4v) is 0.777. The topological polar surface area (TPSA) is 48.9 Å². The average molecular weight is 140 g/mol. The molecular weight excluding hydrogens is 128 g/mol. The van der Waals surface area contributed by atoms with Crippen LogP contribution >= 0.6 is 0 Å². The summed E-state index contributed by atoms with van der Waals surface area (Å²) in [5.74, 6) is 0.856. The van der Waals surface area contributed by atoms with Crippen LogP contribution in [0.4, 0.5) is 0 Å². The van der Waals surface area contributed by atoms with Gasteiger partial charge in [0.15, 0.2) is 0 Å². The lowest BCUT2D eigenvalue weighted by molar-refractivity contribution is 0.168. The Kier molecular flexibility index (Phi) is 2.45. The molecule has 0 aliphatic heterocycles. The largest absolute Gasteiger partial charge is 0.393 e. The highest BCUT2D eigenvalue weighted by Crippen LogP contribution is 1.98. The van der Waals surface area contributed by atoms with Crippen molar-refractivity contribution in [3.8, 4) is 0 Å². The molecule has 0 radical (unpaired) electrons. The zero-order valence-corrected chi connectivity index (χ0v) is 6.04. The number of rotatable bonds is 3. The molecule has 0 saturated carbocycles. The van der Waals surface area contributed by atoms with E-state index < -0.39 is 0 Å². The molecule has 0 amide bonds. The van der Waals surface area contributed by atoms with Crippen molar-refractivity contribution in [3.05, 3.63) is 18.2 Å². The normalized spacial score (nSPS) is 13.4. The summed E-state index contributed by atoms with van der Waals surface area (Å²) >= 11 is 0. The van der Waals surface area contributed by atoms with Crippen molar-refractivity contribution in [1.29, 1.82) is 0 Å². The Hall–Kier alpha value is -0.830. The Bertz CT molecular complexity index is 172. The molecule has 0 fully saturated rings. The van der Waals surface area contributed by atoms with Crippen LogP contribution in [0.25, 0.3) is 0 Å². The quantitative estimate of drug-likeness (QED) is 0.650. The van der Waals surface area contributed by atoms with Crippen LogP contribution in [-0.4, -0.2) is 21.2 Å². The van der Waals surface area contributed by atoms with Crippen molar-refractivity contribution in [2.45, 2.75) is 25.9 Å². The first-order chi connectivity index (χ1) is 4.83. The van der Waals surface area contributed by atoms with Gasteiger partial charge in [-0.05, 0) is 6.42 Å². The molecule has 10 heavy (non-hydrogen) atoms. The molecule has 0 bridgehead atoms. The van der Waals surface area contributed by atoms with E-state index in [0.29, 0.717) is 6.42 Å². The number of nitrogens with one attached hydrogen (secondary N) is 1. The number of aliphatic hydroxyl groups excluding tert-OH is 1. The second-order valence-electron chi connectivity index (χ2n) is 2.30. The van der Waals surface area contributed by atoms with Gasteiger partial charge in [-0.15, -0.1) is 0 Å². The second kappa shape index (κ2) is 3.37. The van der Waals surface area contributed by atoms with E-state index in [9.17, 15) is 0 Å². The number of hydrogen-bond donors (Lipinski definition) is 2. The molecule has 1 aromatic heterocycles. The molecule has 0 spiro atoms. The first-order valence-corrected chi connectivity index (χ1v) is 3.49. The van der Waals surface area contributed by atoms with E-state index in [-0.39, 0.29) is 6.10 Å². The molecule has 2 N–H and O–H groups in total. The molecule has 1 aromatic rings. The number of aromatic amines is 1. The molecule has 0 aliphatic rings. The van der Waals surface area contributed by atoms with Gasteiger partial charge in [0.2, 0.25) is 0 Å². The number of aromatic nitrogens is 2. The zero-order chi connectivity index (χ0) is 7.40. The maximum atomic E-state index is 9.17. The summed E-state index contributed by atoms with van der Waals surface area (Å²) in [5, 5.41) is 9.17. The van der Waals surface area contributed by atoms with Crippen molar-refractivity contribution < 1.29 is 5.11 Å². The van der Waals surface area contributed by atoms with Crippen LogP contribution in [0.2, 0.25) is 0 Å². The predicted octanol–water partition coefficient (Wildman–Crippen LogP) is 0.723. The fraction of sp³-hybridized carbons (Fsp3) is 0.571. The number of hydrogen-bond acceptors (Lipinski definition) is 2. The van der Waals surface area contributed by atoms with Gasteiger partial charge in [0.25, 0.3) is 0 Å². The molecule has 1 rings (SSSR count). The molecule has 56 valence electrons. The minimum atomic E-state index is -0.258. The van der Waals surface area contributed by atoms with Gasteiger partial charge in [0, 0.05) is 18.8 Å². The Morgan fingerprint density at radius 1 is 1.80 bits per heavy atom. The first-order valence-electron chi connectivity index (χ1n) is 3.49. The van der Waals surface area contributed by atoms with Gasteiger partial charge in [0.1, 0.15) is 5.82 Å². The van der Waals surface area contributed by atoms with Gasteiger partial charge in [-0.25, -0.2) is 4.98 Å². The van der Waals surface area contributed by atoms with Crippen LogP contribution in [-0.2, 0) is 6.42 Å². The Balaban J connectivity index is 2.40. The molecular formula is C7H12N2O. The fourth-order valence-electron chi connectivity index (χ4n) is 0.777. The lowest BCUT2D eigenvalue weighted by atomic mass is 10.2. The zero-order valence-electron chi connectivity index (χ0n) is 6.04. The van der Waals surface area contributed by atoms with E-state index in [4.69, 9.17) is 5.11 Å². The van der Waals surface area contributed by atoms with E-state index in [1.807, 2.05) is 6.92 Å². The maximum Gasteiger partial charge on any atom is 0.108 e. The van der Waals surface area contributed by atoms with Crippen LogP contribution in [0.1, 0.15) is 19.2 Å². The third-order valence-electron chi connectivity index (χ3n) is 1.46. The van der Waals surface area contributed by atoms with E-state index in [0.717, 1.165) is 12.2 Å². The summed E-state index contributed by atoms with van der Waals surface area (Å²) in [6, 6.07) is 0. The van der Waals surface area contributed by atoms with Gasteiger partial charge in [-0.2, -0.15) is 0 Å². The molecule has 0 aromatic carbocycles. The molecule has 0 unspecified atom stereocenters. The van der Waals surface area contributed by atoms with Gasteiger partial charge >= 0.3 is 0 Å². The SMILES string of the molecule is CC[C@@H](O)Cc1ncc[nH]1. The van der Waals surface area contributed by atoms with Gasteiger partial charge in [-0.3, -0.25) is 0 Å². The molecule has 3 heteroatoms. The lowest BCUT2D eigenvalue weighted by Gasteiger charge is -2.02. The van der Waals surface area contributed by atoms with Crippen LogP contribution in [0.3, 0.4) is 0 Å². The standard InChI is InChI=1S/C7H12N2O/c1-2-6(10)5-7-8-3-4-9-7/h3-4,6,10H,2,5H2,1H3,(H,8,9)/t6-/m1/s1. The number of imidazole rings is 1. The molecule has 0 aliphatic carbocycles. The maximum absolute atomic E-state index is 9.17. The van der Waals surface area contributed by atoms with Crippen LogP contribution in [0, 0.1) is 0 Å². The summed E-state index contributed by atoms with van der Waals surface area (Å²) in [4.78, 5) is 6.92. The first kappa shape index (κ1) is 7.28. The van der Waals surface area contributed by atoms with E-state index in [1.165, 1.54) is 0 Å². The van der Waals surface area contributed by atoms with E-state index >= 15 is 0 Å². The summed E-state index contributed by atoms with van der Waals surface area (Å²) < 4.78 is 0. The molecule has 1 atom stereocenters. The predicted molar refractivity (Wildman–Crippen MR) is 38.6 cm³/mol. The number of nitrogens with zero attached hydrogens (tertiary/aromatic N) is 1. The molecule has 3 nitrogen and oxygen atoms in total. The summed E-state index contributed by atoms with van der Waals surface area (Å²) in [5.41, 5.74) is 0. The minimum absolute atomic E-state index is 0.258. The van der Waals surface area contributed by atoms with E-state index in [1.54, 1.807) is 12.4 Å². The van der Waals surface area contributed by atoms with Crippen LogP contribution < -0.4 is 0 Å². The Labute approximate surface area is 60.1 Å². The minimum Gasteiger partial charge on any atom is -0.393 e. The van der Waals surface area contributed by atoms with Gasteiger partial charge in [-0.1, -0.05) is 6.92 Å². The second-order valence-corrected chi connectivity index (χ2v) is 2.30. The smallest absolute Gasteiger partial charge is 0.108 e. The van der Waals surface area contributed by atoms with Crippen molar-refractivity contribution in [3.63, 3.8) is 0 Å². The van der Waals surface area contributed by atoms with Crippen molar-refractivity contribution in [2.24, 2.45) is 0 Å². The van der Waals surface area contributed by atoms with Crippen LogP contribution in [0.15, 0.2) is 12.4 Å². The van der Waals surface area contributed by atoms with Crippen molar-refractivity contribution >= 4 is 0 Å². The summed E-state index contributed by atoms with van der Waals surface area (Å²) in [6.07, 6.45) is 4.60. The van der Waals surface area contributed by atoms with E-state index in [2.05, 4.69) is 9.97 Å². The highest BCUT2D eigenvalue weighted by atomic mass is 16.3. The van der Waals surface area contributed by atoms with Crippen molar-refractivity contribution in [1.82, 2.24) is 9.97 Å². The summed E-state index contributed by atoms with van der Waals surface area (Å²) in [6.45, 7) is 1.95.